The number of nitrogens with one attached hydrogen (secondary N) is 1. The first kappa shape index (κ1) is 16.9. The van der Waals surface area contributed by atoms with E-state index in [0.717, 1.165) is 0 Å². The molecule has 0 fully saturated rings. The summed E-state index contributed by atoms with van der Waals surface area (Å²) in [5.41, 5.74) is -0.0655. The molecule has 1 aromatic rings. The van der Waals surface area contributed by atoms with Gasteiger partial charge in [0.15, 0.2) is 0 Å². The van der Waals surface area contributed by atoms with E-state index < -0.39 is 16.0 Å². The van der Waals surface area contributed by atoms with Gasteiger partial charge in [-0.2, -0.15) is 0 Å². The number of hydrogen-bond donors (Lipinski definition) is 2. The first-order valence-electron chi connectivity index (χ1n) is 5.82. The van der Waals surface area contributed by atoms with Gasteiger partial charge in [-0.25, -0.2) is 13.2 Å². The minimum absolute atomic E-state index is 0.0252. The molecule has 0 atom stereocenters. The SMILES string of the molecule is Cc1c(C(=O)O)cc(Cl)cc1S(=O)(=O)NOCC(C)C. The van der Waals surface area contributed by atoms with Crippen molar-refractivity contribution >= 4 is 27.6 Å². The van der Waals surface area contributed by atoms with Crippen LogP contribution < -0.4 is 4.89 Å². The molecule has 0 spiro atoms. The Kier molecular flexibility index (Phi) is 5.52. The van der Waals surface area contributed by atoms with Crippen LogP contribution >= 0.6 is 11.6 Å². The van der Waals surface area contributed by atoms with Crippen molar-refractivity contribution < 1.29 is 23.2 Å². The Morgan fingerprint density at radius 3 is 2.55 bits per heavy atom. The summed E-state index contributed by atoms with van der Waals surface area (Å²) in [7, 11) is -3.99. The lowest BCUT2D eigenvalue weighted by Gasteiger charge is -2.12. The summed E-state index contributed by atoms with van der Waals surface area (Å²) in [6.45, 7) is 5.32. The standard InChI is InChI=1S/C12H16ClNO5S/c1-7(2)6-19-14-20(17,18)11-5-9(13)4-10(8(11)3)12(15)16/h4-5,7,14H,6H2,1-3H3,(H,15,16). The van der Waals surface area contributed by atoms with Crippen LogP contribution in [0.15, 0.2) is 17.0 Å². The minimum atomic E-state index is -3.99. The summed E-state index contributed by atoms with van der Waals surface area (Å²) in [5.74, 6) is -1.10. The third-order valence-corrected chi connectivity index (χ3v) is 3.99. The van der Waals surface area contributed by atoms with E-state index in [1.807, 2.05) is 18.7 Å². The molecule has 1 aromatic carbocycles. The number of aromatic carboxylic acids is 1. The van der Waals surface area contributed by atoms with Gasteiger partial charge in [-0.1, -0.05) is 30.3 Å². The third-order valence-electron chi connectivity index (χ3n) is 2.43. The summed E-state index contributed by atoms with van der Waals surface area (Å²) in [5, 5.41) is 9.05. The van der Waals surface area contributed by atoms with Crippen molar-refractivity contribution in [2.75, 3.05) is 6.61 Å². The molecule has 112 valence electrons. The number of sulfonamides is 1. The predicted molar refractivity (Wildman–Crippen MR) is 74.3 cm³/mol. The maximum Gasteiger partial charge on any atom is 0.336 e. The fourth-order valence-electron chi connectivity index (χ4n) is 1.48. The van der Waals surface area contributed by atoms with Crippen molar-refractivity contribution in [3.05, 3.63) is 28.3 Å². The lowest BCUT2D eigenvalue weighted by atomic mass is 10.1. The molecule has 0 aliphatic carbocycles. The fourth-order valence-corrected chi connectivity index (χ4v) is 2.87. The van der Waals surface area contributed by atoms with Gasteiger partial charge in [0.1, 0.15) is 0 Å². The third kappa shape index (κ3) is 4.17. The maximum absolute atomic E-state index is 12.1. The van der Waals surface area contributed by atoms with Gasteiger partial charge in [-0.05, 0) is 30.5 Å². The fraction of sp³-hybridized carbons (Fsp3) is 0.417. The van der Waals surface area contributed by atoms with Crippen LogP contribution in [0.1, 0.15) is 29.8 Å². The average molecular weight is 322 g/mol. The molecule has 20 heavy (non-hydrogen) atoms. The average Bonchev–Trinajstić information content (AvgIpc) is 2.30. The summed E-state index contributed by atoms with van der Waals surface area (Å²) in [6.07, 6.45) is 0. The van der Waals surface area contributed by atoms with Gasteiger partial charge in [0.05, 0.1) is 17.1 Å². The van der Waals surface area contributed by atoms with Crippen molar-refractivity contribution in [3.63, 3.8) is 0 Å². The van der Waals surface area contributed by atoms with Crippen LogP contribution in [0.2, 0.25) is 5.02 Å². The molecule has 0 heterocycles. The smallest absolute Gasteiger partial charge is 0.336 e. The molecule has 0 aromatic heterocycles. The van der Waals surface area contributed by atoms with Gasteiger partial charge in [0, 0.05) is 5.02 Å². The molecule has 1 rings (SSSR count). The van der Waals surface area contributed by atoms with E-state index in [-0.39, 0.29) is 33.6 Å². The highest BCUT2D eigenvalue weighted by molar-refractivity contribution is 7.89. The monoisotopic (exact) mass is 321 g/mol. The van der Waals surface area contributed by atoms with E-state index in [2.05, 4.69) is 0 Å². The normalized spacial score (nSPS) is 11.8. The topological polar surface area (TPSA) is 92.7 Å². The molecule has 0 saturated heterocycles. The molecular weight excluding hydrogens is 306 g/mol. The predicted octanol–water partition coefficient (Wildman–Crippen LogP) is 2.21. The van der Waals surface area contributed by atoms with Crippen LogP contribution in [0.5, 0.6) is 0 Å². The van der Waals surface area contributed by atoms with Gasteiger partial charge >= 0.3 is 5.97 Å². The summed E-state index contributed by atoms with van der Waals surface area (Å²) >= 11 is 5.76. The van der Waals surface area contributed by atoms with Gasteiger partial charge < -0.3 is 5.11 Å². The Morgan fingerprint density at radius 1 is 1.45 bits per heavy atom. The zero-order valence-corrected chi connectivity index (χ0v) is 12.9. The first-order valence-corrected chi connectivity index (χ1v) is 7.68. The van der Waals surface area contributed by atoms with Crippen molar-refractivity contribution in [2.24, 2.45) is 5.92 Å². The van der Waals surface area contributed by atoms with Gasteiger partial charge in [0.2, 0.25) is 0 Å². The van der Waals surface area contributed by atoms with Crippen LogP contribution in [0.4, 0.5) is 0 Å². The number of carboxylic acid groups (broad SMARTS) is 1. The van der Waals surface area contributed by atoms with Crippen molar-refractivity contribution in [3.8, 4) is 0 Å². The molecule has 0 bridgehead atoms. The van der Waals surface area contributed by atoms with Crippen LogP contribution in [0.3, 0.4) is 0 Å². The number of carboxylic acids is 1. The lowest BCUT2D eigenvalue weighted by molar-refractivity contribution is 0.0695. The van der Waals surface area contributed by atoms with Gasteiger partial charge in [-0.15, -0.1) is 0 Å². The minimum Gasteiger partial charge on any atom is -0.478 e. The van der Waals surface area contributed by atoms with E-state index >= 15 is 0 Å². The Bertz CT molecular complexity index is 613. The molecule has 8 heteroatoms. The van der Waals surface area contributed by atoms with E-state index in [1.54, 1.807) is 0 Å². The van der Waals surface area contributed by atoms with Crippen molar-refractivity contribution in [2.45, 2.75) is 25.7 Å². The molecule has 0 aliphatic rings. The quantitative estimate of drug-likeness (QED) is 0.784. The second-order valence-corrected chi connectivity index (χ2v) is 6.72. The van der Waals surface area contributed by atoms with E-state index in [4.69, 9.17) is 21.5 Å². The van der Waals surface area contributed by atoms with Crippen molar-refractivity contribution in [1.29, 1.82) is 0 Å². The Labute approximate surface area is 122 Å². The molecular formula is C12H16ClNO5S. The first-order chi connectivity index (χ1) is 9.15. The molecule has 2 N–H and O–H groups in total. The second-order valence-electron chi connectivity index (χ2n) is 4.67. The molecule has 0 saturated carbocycles. The van der Waals surface area contributed by atoms with Gasteiger partial charge in [0.25, 0.3) is 10.0 Å². The van der Waals surface area contributed by atoms with Crippen molar-refractivity contribution in [1.82, 2.24) is 4.89 Å². The molecule has 6 nitrogen and oxygen atoms in total. The Balaban J connectivity index is 3.15. The summed E-state index contributed by atoms with van der Waals surface area (Å²) < 4.78 is 24.1. The lowest BCUT2D eigenvalue weighted by Crippen LogP contribution is -2.27. The number of hydrogen-bond acceptors (Lipinski definition) is 4. The molecule has 0 aliphatic heterocycles. The number of rotatable bonds is 6. The largest absolute Gasteiger partial charge is 0.478 e. The zero-order chi connectivity index (χ0) is 15.5. The highest BCUT2D eigenvalue weighted by atomic mass is 35.5. The molecule has 0 unspecified atom stereocenters. The number of benzene rings is 1. The molecule has 0 radical (unpaired) electrons. The van der Waals surface area contributed by atoms with E-state index in [1.165, 1.54) is 19.1 Å². The number of halogens is 1. The maximum atomic E-state index is 12.1. The summed E-state index contributed by atoms with van der Waals surface area (Å²) in [4.78, 5) is 17.7. The molecule has 0 amide bonds. The highest BCUT2D eigenvalue weighted by Crippen LogP contribution is 2.24. The van der Waals surface area contributed by atoms with Crippen LogP contribution in [0.25, 0.3) is 0 Å². The zero-order valence-electron chi connectivity index (χ0n) is 11.3. The Morgan fingerprint density at radius 2 is 2.05 bits per heavy atom. The highest BCUT2D eigenvalue weighted by Gasteiger charge is 2.22. The van der Waals surface area contributed by atoms with E-state index in [0.29, 0.717) is 0 Å². The Hall–Kier alpha value is -1.15. The second kappa shape index (κ2) is 6.53. The van der Waals surface area contributed by atoms with Crippen LogP contribution in [-0.4, -0.2) is 26.1 Å². The van der Waals surface area contributed by atoms with Crippen LogP contribution in [0, 0.1) is 12.8 Å². The van der Waals surface area contributed by atoms with Gasteiger partial charge in [-0.3, -0.25) is 4.84 Å². The summed E-state index contributed by atoms with van der Waals surface area (Å²) in [6, 6.07) is 2.39. The van der Waals surface area contributed by atoms with E-state index in [9.17, 15) is 13.2 Å². The number of carbonyl (C=O) groups is 1. The van der Waals surface area contributed by atoms with Crippen LogP contribution in [-0.2, 0) is 14.9 Å².